The third-order valence-electron chi connectivity index (χ3n) is 21.1. The van der Waals surface area contributed by atoms with Gasteiger partial charge in [-0.25, -0.2) is 0 Å². The highest BCUT2D eigenvalue weighted by Crippen LogP contribution is 2.56. The molecule has 4 heteroatoms. The second-order valence-electron chi connectivity index (χ2n) is 30.0. The minimum atomic E-state index is -0.299. The SMILES string of the molecule is CC(C)(C)c1cc(-c2ccccc2)c(N2c3cc(-c4ccccc4)ccc3B3c4ccc(-n5c6ccc7cccc8c9cccc%10ccc5c(c%109)c6c78)cc4N(c4c(-c5ccccc5)cc(C(C)(C)C)cc4-c4ccccc4)c4cc(C(C)(C)C)cc2c43)c(-c2ccccc2)c1. The summed E-state index contributed by atoms with van der Waals surface area (Å²) in [7, 11) is 0. The van der Waals surface area contributed by atoms with Gasteiger partial charge in [-0.3, -0.25) is 0 Å². The number of nitrogens with zero attached hydrogens (tertiary/aromatic N) is 3. The van der Waals surface area contributed by atoms with Crippen LogP contribution in [0.1, 0.15) is 79.0 Å². The molecule has 16 aromatic rings. The topological polar surface area (TPSA) is 11.4 Å². The van der Waals surface area contributed by atoms with Crippen LogP contribution in [0.2, 0.25) is 0 Å². The molecule has 0 unspecified atom stereocenters. The fraction of sp³-hybridized carbons (Fsp3) is 0.130. The van der Waals surface area contributed by atoms with E-state index < -0.39 is 0 Å². The largest absolute Gasteiger partial charge is 0.310 e. The second kappa shape index (κ2) is 21.3. The Kier molecular flexibility index (Phi) is 12.8. The van der Waals surface area contributed by atoms with Crippen molar-refractivity contribution in [2.24, 2.45) is 0 Å². The van der Waals surface area contributed by atoms with Crippen molar-refractivity contribution < 1.29 is 0 Å². The standard InChI is InChI=1S/C92H74BN3/c1-90(2,3)65-50-71(58-29-17-11-18-30-58)88(72(51-65)59-31-19-12-20-32-59)95-79-49-64(57-27-15-10-16-28-57)41-45-75(79)93-76-46-44-68(94-77-47-42-62-37-25-39-69-70-40-26-38-63-43-48-78(94)86(84(63)70)85(77)83(62)69)56-80(76)96(82-55-67(92(7,8)9)54-81(95)87(82)93)89-73(60-33-21-13-22-34-60)52-66(91(4,5)6)53-74(89)61-35-23-14-24-36-61/h10-56H,1-9H3. The summed E-state index contributed by atoms with van der Waals surface area (Å²) in [6.07, 6.45) is 0. The molecule has 0 aliphatic carbocycles. The highest BCUT2D eigenvalue weighted by Gasteiger charge is 2.47. The summed E-state index contributed by atoms with van der Waals surface area (Å²) in [6.45, 7) is 21.2. The molecule has 3 nitrogen and oxygen atoms in total. The molecule has 0 saturated heterocycles. The van der Waals surface area contributed by atoms with Gasteiger partial charge in [-0.15, -0.1) is 0 Å². The Labute approximate surface area is 563 Å². The van der Waals surface area contributed by atoms with Crippen molar-refractivity contribution in [1.82, 2.24) is 4.57 Å². The van der Waals surface area contributed by atoms with Crippen molar-refractivity contribution in [1.29, 1.82) is 0 Å². The van der Waals surface area contributed by atoms with E-state index in [1.165, 1.54) is 160 Å². The molecule has 0 N–H and O–H groups in total. The van der Waals surface area contributed by atoms with E-state index in [1.54, 1.807) is 0 Å². The first-order chi connectivity index (χ1) is 46.5. The molecule has 2 aliphatic heterocycles. The summed E-state index contributed by atoms with van der Waals surface area (Å²) < 4.78 is 2.59. The van der Waals surface area contributed by atoms with E-state index >= 15 is 0 Å². The third kappa shape index (κ3) is 8.87. The summed E-state index contributed by atoms with van der Waals surface area (Å²) >= 11 is 0. The Bertz CT molecular complexity index is 5530. The maximum Gasteiger partial charge on any atom is 0.252 e. The highest BCUT2D eigenvalue weighted by atomic mass is 15.2. The van der Waals surface area contributed by atoms with Crippen LogP contribution >= 0.6 is 0 Å². The number of benzene rings is 15. The lowest BCUT2D eigenvalue weighted by atomic mass is 9.33. The molecule has 1 aromatic heterocycles. The predicted molar refractivity (Wildman–Crippen MR) is 413 cm³/mol. The van der Waals surface area contributed by atoms with Crippen molar-refractivity contribution in [3.8, 4) is 61.3 Å². The van der Waals surface area contributed by atoms with Crippen molar-refractivity contribution in [2.45, 2.75) is 78.6 Å². The van der Waals surface area contributed by atoms with Gasteiger partial charge in [0.05, 0.1) is 22.4 Å². The minimum absolute atomic E-state index is 0.163. The predicted octanol–water partition coefficient (Wildman–Crippen LogP) is 23.4. The molecule has 0 amide bonds. The van der Waals surface area contributed by atoms with E-state index in [4.69, 9.17) is 0 Å². The quantitative estimate of drug-likeness (QED) is 0.0853. The fourth-order valence-electron chi connectivity index (χ4n) is 16.3. The van der Waals surface area contributed by atoms with E-state index in [-0.39, 0.29) is 23.0 Å². The number of rotatable bonds is 8. The van der Waals surface area contributed by atoms with Crippen LogP contribution in [0.4, 0.5) is 34.1 Å². The molecule has 0 saturated carbocycles. The molecule has 3 heterocycles. The van der Waals surface area contributed by atoms with E-state index in [1.807, 2.05) is 0 Å². The van der Waals surface area contributed by atoms with Crippen molar-refractivity contribution >= 4 is 111 Å². The number of aromatic nitrogens is 1. The number of fused-ring (bicyclic) bond motifs is 5. The summed E-state index contributed by atoms with van der Waals surface area (Å²) in [5.41, 5.74) is 29.3. The van der Waals surface area contributed by atoms with Crippen LogP contribution < -0.4 is 26.2 Å². The smallest absolute Gasteiger partial charge is 0.252 e. The van der Waals surface area contributed by atoms with Crippen LogP contribution in [-0.4, -0.2) is 11.3 Å². The molecule has 0 bridgehead atoms. The van der Waals surface area contributed by atoms with Gasteiger partial charge in [0.2, 0.25) is 0 Å². The summed E-state index contributed by atoms with van der Waals surface area (Å²) in [6, 6.07) is 109. The monoisotopic (exact) mass is 1230 g/mol. The zero-order valence-electron chi connectivity index (χ0n) is 56.1. The molecular formula is C92H74BN3. The molecule has 460 valence electrons. The Balaban J connectivity index is 1.03. The van der Waals surface area contributed by atoms with Crippen molar-refractivity contribution in [3.05, 3.63) is 302 Å². The summed E-state index contributed by atoms with van der Waals surface area (Å²) in [5.74, 6) is 0. The van der Waals surface area contributed by atoms with Crippen LogP contribution in [0.5, 0.6) is 0 Å². The zero-order chi connectivity index (χ0) is 65.1. The van der Waals surface area contributed by atoms with Crippen molar-refractivity contribution in [2.75, 3.05) is 9.80 Å². The normalized spacial score (nSPS) is 13.2. The molecular weight excluding hydrogens is 1160 g/mol. The Morgan fingerprint density at radius 1 is 0.271 bits per heavy atom. The number of hydrogen-bond donors (Lipinski definition) is 0. The van der Waals surface area contributed by atoms with E-state index in [2.05, 4.69) is 362 Å². The van der Waals surface area contributed by atoms with Gasteiger partial charge >= 0.3 is 0 Å². The maximum absolute atomic E-state index is 2.74. The zero-order valence-corrected chi connectivity index (χ0v) is 56.1. The van der Waals surface area contributed by atoms with E-state index in [0.717, 1.165) is 22.7 Å². The van der Waals surface area contributed by atoms with Crippen LogP contribution in [0.3, 0.4) is 0 Å². The number of anilines is 6. The Morgan fingerprint density at radius 3 is 1.03 bits per heavy atom. The van der Waals surface area contributed by atoms with Gasteiger partial charge in [-0.1, -0.05) is 281 Å². The Morgan fingerprint density at radius 2 is 0.635 bits per heavy atom. The molecule has 2 aliphatic rings. The Hall–Kier alpha value is -10.9. The average molecular weight is 1230 g/mol. The second-order valence-corrected chi connectivity index (χ2v) is 30.0. The minimum Gasteiger partial charge on any atom is -0.310 e. The molecule has 15 aromatic carbocycles. The molecule has 0 atom stereocenters. The fourth-order valence-corrected chi connectivity index (χ4v) is 16.3. The maximum atomic E-state index is 2.74. The van der Waals surface area contributed by atoms with E-state index in [9.17, 15) is 0 Å². The van der Waals surface area contributed by atoms with Gasteiger partial charge in [0.25, 0.3) is 6.71 Å². The van der Waals surface area contributed by atoms with Gasteiger partial charge in [0, 0.05) is 61.5 Å². The molecule has 0 spiro atoms. The van der Waals surface area contributed by atoms with Crippen molar-refractivity contribution in [3.63, 3.8) is 0 Å². The highest BCUT2D eigenvalue weighted by molar-refractivity contribution is 7.00. The van der Waals surface area contributed by atoms with Gasteiger partial charge < -0.3 is 14.4 Å². The third-order valence-corrected chi connectivity index (χ3v) is 21.1. The number of hydrogen-bond acceptors (Lipinski definition) is 2. The van der Waals surface area contributed by atoms with Gasteiger partial charge in [0.15, 0.2) is 0 Å². The first-order valence-electron chi connectivity index (χ1n) is 34.2. The lowest BCUT2D eigenvalue weighted by Gasteiger charge is -2.47. The van der Waals surface area contributed by atoms with Crippen LogP contribution in [0.15, 0.2) is 285 Å². The van der Waals surface area contributed by atoms with Gasteiger partial charge in [-0.05, 0) is 182 Å². The average Bonchev–Trinajstić information content (AvgIpc) is 1.03. The lowest BCUT2D eigenvalue weighted by Crippen LogP contribution is -2.61. The van der Waals surface area contributed by atoms with E-state index in [0.29, 0.717) is 0 Å². The molecule has 0 fully saturated rings. The summed E-state index contributed by atoms with van der Waals surface area (Å²) in [4.78, 5) is 5.46. The first-order valence-corrected chi connectivity index (χ1v) is 34.2. The first kappa shape index (κ1) is 57.7. The molecule has 18 rings (SSSR count). The molecule has 0 radical (unpaired) electrons. The lowest BCUT2D eigenvalue weighted by molar-refractivity contribution is 0.590. The van der Waals surface area contributed by atoms with Gasteiger partial charge in [-0.2, -0.15) is 0 Å². The van der Waals surface area contributed by atoms with Crippen LogP contribution in [-0.2, 0) is 16.2 Å². The van der Waals surface area contributed by atoms with Crippen LogP contribution in [0, 0.1) is 0 Å². The van der Waals surface area contributed by atoms with Crippen LogP contribution in [0.25, 0.3) is 115 Å². The molecule has 96 heavy (non-hydrogen) atoms. The summed E-state index contributed by atoms with van der Waals surface area (Å²) in [5, 5.41) is 10.5. The van der Waals surface area contributed by atoms with Gasteiger partial charge in [0.1, 0.15) is 0 Å².